The zero-order chi connectivity index (χ0) is 22.3. The van der Waals surface area contributed by atoms with Gasteiger partial charge in [0.15, 0.2) is 0 Å². The lowest BCUT2D eigenvalue weighted by Gasteiger charge is -2.22. The van der Waals surface area contributed by atoms with Gasteiger partial charge in [-0.25, -0.2) is 17.9 Å². The Morgan fingerprint density at radius 3 is 2.47 bits per heavy atom. The number of carbonyl (C=O) groups is 3. The molecule has 0 spiro atoms. The van der Waals surface area contributed by atoms with Gasteiger partial charge in [-0.2, -0.15) is 0 Å². The van der Waals surface area contributed by atoms with E-state index in [0.717, 1.165) is 17.7 Å². The molecule has 0 radical (unpaired) electrons. The molecule has 1 aromatic carbocycles. The van der Waals surface area contributed by atoms with E-state index in [2.05, 4.69) is 15.4 Å². The number of hydrogen-bond acceptors (Lipinski definition) is 5. The molecular weight excluding hydrogens is 408 g/mol. The summed E-state index contributed by atoms with van der Waals surface area (Å²) in [5, 5.41) is 5.30. The third-order valence-corrected chi connectivity index (χ3v) is 7.03. The predicted octanol–water partition coefficient (Wildman–Crippen LogP) is 1.10. The van der Waals surface area contributed by atoms with E-state index in [1.165, 1.54) is 6.07 Å². The summed E-state index contributed by atoms with van der Waals surface area (Å²) in [6.07, 6.45) is 1.74. The molecular formula is C20H28N4O5S. The van der Waals surface area contributed by atoms with Crippen LogP contribution in [0.5, 0.6) is 0 Å². The van der Waals surface area contributed by atoms with Crippen molar-refractivity contribution < 1.29 is 22.8 Å². The molecule has 2 aliphatic rings. The highest BCUT2D eigenvalue weighted by Crippen LogP contribution is 2.42. The van der Waals surface area contributed by atoms with E-state index in [-0.39, 0.29) is 17.4 Å². The minimum atomic E-state index is -3.78. The van der Waals surface area contributed by atoms with Crippen LogP contribution in [0.25, 0.3) is 0 Å². The van der Waals surface area contributed by atoms with Crippen molar-refractivity contribution in [3.63, 3.8) is 0 Å². The van der Waals surface area contributed by atoms with Gasteiger partial charge in [0.1, 0.15) is 12.1 Å². The Bertz CT molecular complexity index is 981. The number of imide groups is 1. The summed E-state index contributed by atoms with van der Waals surface area (Å²) < 4.78 is 28.0. The molecule has 30 heavy (non-hydrogen) atoms. The largest absolute Gasteiger partial charge is 0.350 e. The summed E-state index contributed by atoms with van der Waals surface area (Å²) in [5.41, 5.74) is -1.20. The van der Waals surface area contributed by atoms with Crippen LogP contribution >= 0.6 is 0 Å². The molecule has 1 aliphatic heterocycles. The van der Waals surface area contributed by atoms with Crippen LogP contribution in [0.4, 0.5) is 4.79 Å². The lowest BCUT2D eigenvalue weighted by molar-refractivity contribution is -0.135. The summed E-state index contributed by atoms with van der Waals surface area (Å²) in [4.78, 5) is 38.2. The summed E-state index contributed by atoms with van der Waals surface area (Å²) >= 11 is 0. The summed E-state index contributed by atoms with van der Waals surface area (Å²) in [7, 11) is -3.78. The molecule has 1 saturated heterocycles. The molecule has 9 nitrogen and oxygen atoms in total. The topological polar surface area (TPSA) is 125 Å². The Kier molecular flexibility index (Phi) is 5.68. The zero-order valence-electron chi connectivity index (χ0n) is 17.6. The summed E-state index contributed by atoms with van der Waals surface area (Å²) in [5.74, 6) is -0.841. The van der Waals surface area contributed by atoms with Gasteiger partial charge in [-0.15, -0.1) is 0 Å². The van der Waals surface area contributed by atoms with Crippen molar-refractivity contribution in [2.24, 2.45) is 5.92 Å². The van der Waals surface area contributed by atoms with Crippen molar-refractivity contribution >= 4 is 27.9 Å². The average molecular weight is 437 g/mol. The van der Waals surface area contributed by atoms with Gasteiger partial charge >= 0.3 is 6.03 Å². The van der Waals surface area contributed by atoms with E-state index >= 15 is 0 Å². The fourth-order valence-electron chi connectivity index (χ4n) is 3.56. The van der Waals surface area contributed by atoms with Gasteiger partial charge in [-0.3, -0.25) is 14.5 Å². The minimum Gasteiger partial charge on any atom is -0.350 e. The van der Waals surface area contributed by atoms with Gasteiger partial charge in [0.25, 0.3) is 5.91 Å². The van der Waals surface area contributed by atoms with E-state index in [9.17, 15) is 22.8 Å². The fraction of sp³-hybridized carbons (Fsp3) is 0.550. The average Bonchev–Trinajstić information content (AvgIpc) is 3.44. The molecule has 4 amide bonds. The highest BCUT2D eigenvalue weighted by molar-refractivity contribution is 7.89. The second kappa shape index (κ2) is 7.66. The molecule has 3 rings (SSSR count). The monoisotopic (exact) mass is 436 g/mol. The normalized spacial score (nSPS) is 22.2. The van der Waals surface area contributed by atoms with Crippen molar-refractivity contribution in [1.82, 2.24) is 20.3 Å². The first-order chi connectivity index (χ1) is 13.8. The second-order valence-electron chi connectivity index (χ2n) is 9.04. The van der Waals surface area contributed by atoms with Crippen molar-refractivity contribution in [1.29, 1.82) is 0 Å². The first-order valence-corrected chi connectivity index (χ1v) is 11.3. The number of urea groups is 1. The number of nitrogens with zero attached hydrogens (tertiary/aromatic N) is 1. The number of hydrogen-bond donors (Lipinski definition) is 3. The second-order valence-corrected chi connectivity index (χ2v) is 10.7. The highest BCUT2D eigenvalue weighted by atomic mass is 32.2. The zero-order valence-corrected chi connectivity index (χ0v) is 18.4. The molecule has 1 aliphatic carbocycles. The lowest BCUT2D eigenvalue weighted by Crippen LogP contribution is -2.47. The SMILES string of the molecule is CC(C)(C)NS(=O)(=O)c1ccccc1CNC(=O)CN1C(=O)NC(C)(C2CC2)C1=O. The summed E-state index contributed by atoms with van der Waals surface area (Å²) in [6, 6.07) is 5.77. The number of benzene rings is 1. The van der Waals surface area contributed by atoms with E-state index in [4.69, 9.17) is 0 Å². The number of carbonyl (C=O) groups excluding carboxylic acids is 3. The van der Waals surface area contributed by atoms with Crippen LogP contribution in [0.3, 0.4) is 0 Å². The molecule has 0 aromatic heterocycles. The van der Waals surface area contributed by atoms with Gasteiger partial charge < -0.3 is 10.6 Å². The maximum absolute atomic E-state index is 12.7. The number of amides is 4. The van der Waals surface area contributed by atoms with Gasteiger partial charge in [0.2, 0.25) is 15.9 Å². The standard InChI is InChI=1S/C20H28N4O5S/c1-19(2,3)23-30(28,29)15-8-6-5-7-13(15)11-21-16(25)12-24-17(26)20(4,14-9-10-14)22-18(24)27/h5-8,14,23H,9-12H2,1-4H3,(H,21,25)(H,22,27). The molecule has 3 N–H and O–H groups in total. The minimum absolute atomic E-state index is 0.0520. The maximum atomic E-state index is 12.7. The lowest BCUT2D eigenvalue weighted by atomic mass is 9.96. The predicted molar refractivity (Wildman–Crippen MR) is 110 cm³/mol. The van der Waals surface area contributed by atoms with Crippen LogP contribution in [0.1, 0.15) is 46.1 Å². The number of nitrogens with one attached hydrogen (secondary N) is 3. The van der Waals surface area contributed by atoms with Crippen LogP contribution in [0.2, 0.25) is 0 Å². The quantitative estimate of drug-likeness (QED) is 0.552. The highest BCUT2D eigenvalue weighted by Gasteiger charge is 2.56. The maximum Gasteiger partial charge on any atom is 0.325 e. The van der Waals surface area contributed by atoms with Crippen molar-refractivity contribution in [2.45, 2.75) is 63.1 Å². The Hall–Kier alpha value is -2.46. The molecule has 0 bridgehead atoms. The molecule has 1 aromatic rings. The van der Waals surface area contributed by atoms with Gasteiger partial charge in [0, 0.05) is 12.1 Å². The van der Waals surface area contributed by atoms with Crippen molar-refractivity contribution in [2.75, 3.05) is 6.54 Å². The third-order valence-electron chi connectivity index (χ3n) is 5.18. The molecule has 1 heterocycles. The van der Waals surface area contributed by atoms with Crippen LogP contribution in [-0.2, 0) is 26.2 Å². The molecule has 1 atom stereocenters. The van der Waals surface area contributed by atoms with Gasteiger partial charge in [-0.05, 0) is 58.1 Å². The number of sulfonamides is 1. The Labute approximate surface area is 176 Å². The van der Waals surface area contributed by atoms with Gasteiger partial charge in [-0.1, -0.05) is 18.2 Å². The van der Waals surface area contributed by atoms with Crippen LogP contribution < -0.4 is 15.4 Å². The van der Waals surface area contributed by atoms with Crippen LogP contribution in [0.15, 0.2) is 29.2 Å². The smallest absolute Gasteiger partial charge is 0.325 e. The van der Waals surface area contributed by atoms with E-state index in [0.29, 0.717) is 5.56 Å². The Balaban J connectivity index is 1.66. The molecule has 10 heteroatoms. The first kappa shape index (κ1) is 22.2. The van der Waals surface area contributed by atoms with E-state index in [1.54, 1.807) is 45.9 Å². The van der Waals surface area contributed by atoms with E-state index < -0.39 is 45.5 Å². The first-order valence-electron chi connectivity index (χ1n) is 9.86. The van der Waals surface area contributed by atoms with Gasteiger partial charge in [0.05, 0.1) is 4.90 Å². The summed E-state index contributed by atoms with van der Waals surface area (Å²) in [6.45, 7) is 6.44. The Morgan fingerprint density at radius 1 is 1.23 bits per heavy atom. The Morgan fingerprint density at radius 2 is 1.87 bits per heavy atom. The molecule has 164 valence electrons. The number of rotatable bonds is 7. The van der Waals surface area contributed by atoms with E-state index in [1.807, 2.05) is 0 Å². The van der Waals surface area contributed by atoms with Crippen LogP contribution in [-0.4, -0.2) is 48.8 Å². The molecule has 2 fully saturated rings. The van der Waals surface area contributed by atoms with Crippen LogP contribution in [0, 0.1) is 5.92 Å². The van der Waals surface area contributed by atoms with Crippen molar-refractivity contribution in [3.05, 3.63) is 29.8 Å². The van der Waals surface area contributed by atoms with Crippen molar-refractivity contribution in [3.8, 4) is 0 Å². The third kappa shape index (κ3) is 4.65. The molecule has 1 unspecified atom stereocenters. The molecule has 1 saturated carbocycles. The fourth-order valence-corrected chi connectivity index (χ4v) is 5.22.